The van der Waals surface area contributed by atoms with E-state index < -0.39 is 35.1 Å². The minimum Gasteiger partial charge on any atom is -0.498 e. The Morgan fingerprint density at radius 2 is 1.83 bits per heavy atom. The second kappa shape index (κ2) is 9.01. The molecule has 1 fully saturated rings. The van der Waals surface area contributed by atoms with E-state index in [-0.39, 0.29) is 6.61 Å². The van der Waals surface area contributed by atoms with E-state index >= 15 is 0 Å². The number of hydrogen-bond acceptors (Lipinski definition) is 5. The van der Waals surface area contributed by atoms with Crippen molar-refractivity contribution >= 4 is 17.6 Å². The molecule has 1 heterocycles. The van der Waals surface area contributed by atoms with Crippen LogP contribution in [0.25, 0.3) is 0 Å². The number of aliphatic carboxylic acids is 1. The van der Waals surface area contributed by atoms with Gasteiger partial charge in [0.15, 0.2) is 0 Å². The van der Waals surface area contributed by atoms with Gasteiger partial charge in [0, 0.05) is 35.1 Å². The van der Waals surface area contributed by atoms with E-state index in [1.54, 1.807) is 18.2 Å². The zero-order valence-electron chi connectivity index (χ0n) is 19.7. The molecule has 2 aromatic carbocycles. The Labute approximate surface area is 209 Å². The Kier molecular flexibility index (Phi) is 6.16. The van der Waals surface area contributed by atoms with Crippen LogP contribution in [0.3, 0.4) is 0 Å². The molecular weight excluding hydrogens is 468 g/mol. The van der Waals surface area contributed by atoms with E-state index in [1.165, 1.54) is 0 Å². The third-order valence-electron chi connectivity index (χ3n) is 7.36. The van der Waals surface area contributed by atoms with Crippen molar-refractivity contribution in [2.24, 2.45) is 11.8 Å². The SMILES string of the molecule is CCOC1=CC(O)(OCC)C2=C(C1)OC1(c3ccc(Cl)cc3)C2CC(C(=O)O)C1c1ccccc1. The first-order valence-corrected chi connectivity index (χ1v) is 12.4. The summed E-state index contributed by atoms with van der Waals surface area (Å²) in [6, 6.07) is 17.0. The van der Waals surface area contributed by atoms with Crippen LogP contribution in [0, 0.1) is 11.8 Å². The van der Waals surface area contributed by atoms with Crippen molar-refractivity contribution in [3.63, 3.8) is 0 Å². The van der Waals surface area contributed by atoms with Crippen LogP contribution in [-0.2, 0) is 24.6 Å². The van der Waals surface area contributed by atoms with Crippen molar-refractivity contribution in [2.75, 3.05) is 13.2 Å². The third kappa shape index (κ3) is 3.75. The molecule has 5 unspecified atom stereocenters. The van der Waals surface area contributed by atoms with Gasteiger partial charge in [0.25, 0.3) is 0 Å². The molecule has 1 aliphatic heterocycles. The average molecular weight is 497 g/mol. The maximum absolute atomic E-state index is 12.6. The lowest BCUT2D eigenvalue weighted by Crippen LogP contribution is -2.41. The Morgan fingerprint density at radius 3 is 2.46 bits per heavy atom. The fourth-order valence-corrected chi connectivity index (χ4v) is 6.36. The van der Waals surface area contributed by atoms with Gasteiger partial charge >= 0.3 is 5.97 Å². The molecule has 0 bridgehead atoms. The number of rotatable bonds is 7. The minimum atomic E-state index is -1.75. The van der Waals surface area contributed by atoms with Gasteiger partial charge in [-0.05, 0) is 43.5 Å². The fraction of sp³-hybridized carbons (Fsp3) is 0.393. The van der Waals surface area contributed by atoms with Gasteiger partial charge in [0.05, 0.1) is 18.9 Å². The normalized spacial score (nSPS) is 31.4. The summed E-state index contributed by atoms with van der Waals surface area (Å²) in [7, 11) is 0. The average Bonchev–Trinajstić information content (AvgIpc) is 3.32. The second-order valence-corrected chi connectivity index (χ2v) is 9.65. The smallest absolute Gasteiger partial charge is 0.307 e. The lowest BCUT2D eigenvalue weighted by molar-refractivity contribution is -0.146. The van der Waals surface area contributed by atoms with Gasteiger partial charge in [0.1, 0.15) is 17.1 Å². The zero-order valence-corrected chi connectivity index (χ0v) is 20.5. The van der Waals surface area contributed by atoms with Gasteiger partial charge in [-0.1, -0.05) is 54.1 Å². The van der Waals surface area contributed by atoms with Crippen molar-refractivity contribution in [1.29, 1.82) is 0 Å². The van der Waals surface area contributed by atoms with Crippen LogP contribution in [-0.4, -0.2) is 35.2 Å². The highest BCUT2D eigenvalue weighted by Gasteiger charge is 2.68. The van der Waals surface area contributed by atoms with Gasteiger partial charge in [-0.3, -0.25) is 4.79 Å². The summed E-state index contributed by atoms with van der Waals surface area (Å²) in [6.45, 7) is 4.39. The molecule has 2 aromatic rings. The van der Waals surface area contributed by atoms with E-state index in [9.17, 15) is 15.0 Å². The number of carboxylic acids is 1. The first-order chi connectivity index (χ1) is 16.8. The summed E-state index contributed by atoms with van der Waals surface area (Å²) >= 11 is 6.22. The van der Waals surface area contributed by atoms with Crippen molar-refractivity contribution in [1.82, 2.24) is 0 Å². The highest BCUT2D eigenvalue weighted by Crippen LogP contribution is 2.67. The number of aliphatic hydroxyl groups is 1. The van der Waals surface area contributed by atoms with Crippen LogP contribution < -0.4 is 0 Å². The van der Waals surface area contributed by atoms with Gasteiger partial charge in [-0.25, -0.2) is 0 Å². The van der Waals surface area contributed by atoms with Gasteiger partial charge in [-0.15, -0.1) is 0 Å². The number of ether oxygens (including phenoxy) is 3. The number of carboxylic acid groups (broad SMARTS) is 1. The van der Waals surface area contributed by atoms with Crippen molar-refractivity contribution in [2.45, 2.75) is 44.0 Å². The van der Waals surface area contributed by atoms with Gasteiger partial charge in [0.2, 0.25) is 5.79 Å². The molecular formula is C28H29ClO6. The van der Waals surface area contributed by atoms with Crippen molar-refractivity contribution in [3.05, 3.63) is 93.9 Å². The summed E-state index contributed by atoms with van der Waals surface area (Å²) in [5.74, 6) is -3.15. The number of halogens is 1. The predicted octanol–water partition coefficient (Wildman–Crippen LogP) is 5.37. The van der Waals surface area contributed by atoms with Crippen LogP contribution in [0.5, 0.6) is 0 Å². The highest BCUT2D eigenvalue weighted by atomic mass is 35.5. The lowest BCUT2D eigenvalue weighted by Gasteiger charge is -2.38. The monoisotopic (exact) mass is 496 g/mol. The molecule has 0 saturated heterocycles. The fourth-order valence-electron chi connectivity index (χ4n) is 6.24. The number of hydrogen-bond donors (Lipinski definition) is 2. The largest absolute Gasteiger partial charge is 0.498 e. The van der Waals surface area contributed by atoms with Crippen molar-refractivity contribution < 1.29 is 29.2 Å². The van der Waals surface area contributed by atoms with Crippen LogP contribution in [0.2, 0.25) is 5.02 Å². The summed E-state index contributed by atoms with van der Waals surface area (Å²) in [6.07, 6.45) is 2.26. The Hall–Kier alpha value is -2.80. The van der Waals surface area contributed by atoms with Crippen LogP contribution >= 0.6 is 11.6 Å². The van der Waals surface area contributed by atoms with Crippen LogP contribution in [0.4, 0.5) is 0 Å². The van der Waals surface area contributed by atoms with Gasteiger partial charge in [-0.2, -0.15) is 0 Å². The maximum Gasteiger partial charge on any atom is 0.307 e. The Morgan fingerprint density at radius 1 is 1.11 bits per heavy atom. The maximum atomic E-state index is 12.6. The van der Waals surface area contributed by atoms with E-state index in [0.29, 0.717) is 41.6 Å². The molecule has 2 aliphatic carbocycles. The number of carbonyl (C=O) groups is 1. The second-order valence-electron chi connectivity index (χ2n) is 9.21. The molecule has 0 radical (unpaired) electrons. The minimum absolute atomic E-state index is 0.258. The number of fused-ring (bicyclic) bond motifs is 2. The summed E-state index contributed by atoms with van der Waals surface area (Å²) in [5.41, 5.74) is 1.22. The predicted molar refractivity (Wildman–Crippen MR) is 131 cm³/mol. The highest BCUT2D eigenvalue weighted by molar-refractivity contribution is 6.30. The summed E-state index contributed by atoms with van der Waals surface area (Å²) < 4.78 is 18.6. The third-order valence-corrected chi connectivity index (χ3v) is 7.61. The van der Waals surface area contributed by atoms with Gasteiger partial charge < -0.3 is 24.4 Å². The molecule has 5 rings (SSSR count). The van der Waals surface area contributed by atoms with Crippen LogP contribution in [0.1, 0.15) is 43.7 Å². The van der Waals surface area contributed by atoms with E-state index in [0.717, 1.165) is 11.1 Å². The molecule has 6 nitrogen and oxygen atoms in total. The van der Waals surface area contributed by atoms with E-state index in [2.05, 4.69) is 0 Å². The molecule has 0 aromatic heterocycles. The van der Waals surface area contributed by atoms with E-state index in [4.69, 9.17) is 25.8 Å². The topological polar surface area (TPSA) is 85.2 Å². The Bertz CT molecular complexity index is 1170. The molecule has 5 atom stereocenters. The first kappa shape index (κ1) is 23.9. The molecule has 7 heteroatoms. The van der Waals surface area contributed by atoms with Crippen molar-refractivity contribution in [3.8, 4) is 0 Å². The molecule has 184 valence electrons. The van der Waals surface area contributed by atoms with Crippen LogP contribution in [0.15, 0.2) is 77.8 Å². The molecule has 0 spiro atoms. The quantitative estimate of drug-likeness (QED) is 0.501. The summed E-state index contributed by atoms with van der Waals surface area (Å²) in [4.78, 5) is 12.6. The lowest BCUT2D eigenvalue weighted by atomic mass is 9.71. The Balaban J connectivity index is 1.73. The molecule has 2 N–H and O–H groups in total. The molecule has 3 aliphatic rings. The number of benzene rings is 2. The molecule has 0 amide bonds. The standard InChI is InChI=1S/C28H29ClO6/c1-3-33-20-14-23-25(27(32,16-20)34-4-2)22-15-21(26(30)31)24(17-8-6-5-7-9-17)28(22,35-23)18-10-12-19(29)13-11-18/h5-13,16,21-22,24,32H,3-4,14-15H2,1-2H3,(H,30,31). The zero-order chi connectivity index (χ0) is 24.8. The first-order valence-electron chi connectivity index (χ1n) is 12.0. The van der Waals surface area contributed by atoms with E-state index in [1.807, 2.05) is 56.3 Å². The molecule has 35 heavy (non-hydrogen) atoms. The summed E-state index contributed by atoms with van der Waals surface area (Å²) in [5, 5.41) is 22.7. The molecule has 1 saturated carbocycles.